The Balaban J connectivity index is 2.06. The Bertz CT molecular complexity index is 569. The normalized spacial score (nSPS) is 15.3. The van der Waals surface area contributed by atoms with Gasteiger partial charge in [-0.25, -0.2) is 0 Å². The van der Waals surface area contributed by atoms with Gasteiger partial charge >= 0.3 is 0 Å². The molecule has 0 aliphatic carbocycles. The van der Waals surface area contributed by atoms with Crippen molar-refractivity contribution in [3.63, 3.8) is 0 Å². The average Bonchev–Trinajstić information content (AvgIpc) is 2.94. The lowest BCUT2D eigenvalue weighted by molar-refractivity contribution is 0.227. The summed E-state index contributed by atoms with van der Waals surface area (Å²) < 4.78 is 1.95. The third-order valence-corrected chi connectivity index (χ3v) is 3.83. The second-order valence-corrected chi connectivity index (χ2v) is 5.28. The number of nitrogens with zero attached hydrogens (tertiary/aromatic N) is 3. The van der Waals surface area contributed by atoms with Crippen LogP contribution in [-0.2, 0) is 20.1 Å². The third kappa shape index (κ3) is 1.75. The zero-order chi connectivity index (χ0) is 12.7. The molecule has 2 heterocycles. The van der Waals surface area contributed by atoms with Crippen molar-refractivity contribution < 1.29 is 0 Å². The van der Waals surface area contributed by atoms with E-state index in [2.05, 4.69) is 48.1 Å². The first-order valence-electron chi connectivity index (χ1n) is 6.50. The van der Waals surface area contributed by atoms with Crippen molar-refractivity contribution in [2.75, 3.05) is 0 Å². The van der Waals surface area contributed by atoms with Gasteiger partial charge in [0.25, 0.3) is 0 Å². The zero-order valence-corrected chi connectivity index (χ0v) is 11.2. The van der Waals surface area contributed by atoms with Crippen molar-refractivity contribution in [2.24, 2.45) is 7.05 Å². The van der Waals surface area contributed by atoms with Gasteiger partial charge in [0.1, 0.15) is 0 Å². The monoisotopic (exact) mass is 241 g/mol. The van der Waals surface area contributed by atoms with Crippen molar-refractivity contribution in [1.29, 1.82) is 0 Å². The summed E-state index contributed by atoms with van der Waals surface area (Å²) in [6.07, 6.45) is 1.86. The van der Waals surface area contributed by atoms with E-state index < -0.39 is 0 Å². The Morgan fingerprint density at radius 3 is 2.67 bits per heavy atom. The molecule has 94 valence electrons. The molecule has 0 fully saturated rings. The fraction of sp³-hybridized carbons (Fsp3) is 0.400. The molecule has 0 bridgehead atoms. The topological polar surface area (TPSA) is 21.1 Å². The summed E-state index contributed by atoms with van der Waals surface area (Å²) in [5, 5.41) is 4.28. The number of hydrogen-bond acceptors (Lipinski definition) is 2. The molecule has 0 radical (unpaired) electrons. The van der Waals surface area contributed by atoms with Crippen LogP contribution in [0.25, 0.3) is 11.3 Å². The number of rotatable bonds is 2. The fourth-order valence-electron chi connectivity index (χ4n) is 2.69. The molecule has 1 aliphatic heterocycles. The molecule has 1 aromatic carbocycles. The van der Waals surface area contributed by atoms with Crippen molar-refractivity contribution >= 4 is 0 Å². The van der Waals surface area contributed by atoms with Crippen molar-refractivity contribution in [3.8, 4) is 11.3 Å². The van der Waals surface area contributed by atoms with E-state index >= 15 is 0 Å². The molecule has 1 aromatic heterocycles. The summed E-state index contributed by atoms with van der Waals surface area (Å²) in [5.74, 6) is 0. The lowest BCUT2D eigenvalue weighted by Crippen LogP contribution is -2.24. The summed E-state index contributed by atoms with van der Waals surface area (Å²) in [6, 6.07) is 9.30. The molecule has 3 heteroatoms. The highest BCUT2D eigenvalue weighted by Crippen LogP contribution is 2.33. The van der Waals surface area contributed by atoms with Crippen LogP contribution in [0.1, 0.15) is 25.0 Å². The summed E-state index contributed by atoms with van der Waals surface area (Å²) >= 11 is 0. The fourth-order valence-corrected chi connectivity index (χ4v) is 2.69. The van der Waals surface area contributed by atoms with Gasteiger partial charge in [-0.05, 0) is 31.0 Å². The Labute approximate surface area is 108 Å². The zero-order valence-electron chi connectivity index (χ0n) is 11.2. The SMILES string of the molecule is CC(C)N1Cc2cccc(-c3ccnn3C)c2C1. The number of benzene rings is 1. The van der Waals surface area contributed by atoms with Gasteiger partial charge in [0.05, 0.1) is 5.69 Å². The van der Waals surface area contributed by atoms with Crippen LogP contribution in [0.5, 0.6) is 0 Å². The van der Waals surface area contributed by atoms with E-state index in [9.17, 15) is 0 Å². The minimum absolute atomic E-state index is 0.594. The van der Waals surface area contributed by atoms with Gasteiger partial charge in [0, 0.05) is 37.9 Å². The van der Waals surface area contributed by atoms with Crippen molar-refractivity contribution in [3.05, 3.63) is 41.6 Å². The standard InChI is InChI=1S/C15H19N3/c1-11(2)18-9-12-5-4-6-13(14(12)10-18)15-7-8-16-17(15)3/h4-8,11H,9-10H2,1-3H3. The van der Waals surface area contributed by atoms with Crippen LogP contribution >= 0.6 is 0 Å². The van der Waals surface area contributed by atoms with Crippen molar-refractivity contribution in [1.82, 2.24) is 14.7 Å². The first-order valence-corrected chi connectivity index (χ1v) is 6.50. The van der Waals surface area contributed by atoms with Crippen LogP contribution in [0.2, 0.25) is 0 Å². The summed E-state index contributed by atoms with van der Waals surface area (Å²) in [7, 11) is 2.00. The maximum Gasteiger partial charge on any atom is 0.0682 e. The molecule has 0 saturated carbocycles. The molecule has 0 N–H and O–H groups in total. The Hall–Kier alpha value is -1.61. The highest BCUT2D eigenvalue weighted by molar-refractivity contribution is 5.66. The maximum atomic E-state index is 4.28. The summed E-state index contributed by atoms with van der Waals surface area (Å²) in [6.45, 7) is 6.64. The van der Waals surface area contributed by atoms with E-state index in [4.69, 9.17) is 0 Å². The van der Waals surface area contributed by atoms with Gasteiger partial charge in [0.2, 0.25) is 0 Å². The quantitative estimate of drug-likeness (QED) is 0.806. The van der Waals surface area contributed by atoms with Gasteiger partial charge in [-0.3, -0.25) is 9.58 Å². The van der Waals surface area contributed by atoms with Crippen LogP contribution in [0.15, 0.2) is 30.5 Å². The Morgan fingerprint density at radius 1 is 1.17 bits per heavy atom. The molecule has 0 saturated heterocycles. The second kappa shape index (κ2) is 4.25. The van der Waals surface area contributed by atoms with Gasteiger partial charge in [-0.15, -0.1) is 0 Å². The predicted octanol–water partition coefficient (Wildman–Crippen LogP) is 2.81. The van der Waals surface area contributed by atoms with Crippen LogP contribution < -0.4 is 0 Å². The van der Waals surface area contributed by atoms with E-state index in [1.54, 1.807) is 0 Å². The average molecular weight is 241 g/mol. The molecular weight excluding hydrogens is 222 g/mol. The predicted molar refractivity (Wildman–Crippen MR) is 73.0 cm³/mol. The Kier molecular flexibility index (Phi) is 2.71. The molecule has 0 atom stereocenters. The summed E-state index contributed by atoms with van der Waals surface area (Å²) in [5.41, 5.74) is 5.46. The number of fused-ring (bicyclic) bond motifs is 1. The van der Waals surface area contributed by atoms with Gasteiger partial charge in [-0.1, -0.05) is 18.2 Å². The number of aromatic nitrogens is 2. The van der Waals surface area contributed by atoms with Gasteiger partial charge < -0.3 is 0 Å². The molecule has 3 nitrogen and oxygen atoms in total. The highest BCUT2D eigenvalue weighted by atomic mass is 15.3. The molecule has 0 spiro atoms. The first kappa shape index (κ1) is 11.5. The first-order chi connectivity index (χ1) is 8.66. The second-order valence-electron chi connectivity index (χ2n) is 5.28. The molecular formula is C15H19N3. The lowest BCUT2D eigenvalue weighted by atomic mass is 10.0. The van der Waals surface area contributed by atoms with E-state index in [1.165, 1.54) is 22.4 Å². The minimum atomic E-state index is 0.594. The summed E-state index contributed by atoms with van der Waals surface area (Å²) in [4.78, 5) is 2.50. The minimum Gasteiger partial charge on any atom is -0.292 e. The number of hydrogen-bond donors (Lipinski definition) is 0. The smallest absolute Gasteiger partial charge is 0.0682 e. The highest BCUT2D eigenvalue weighted by Gasteiger charge is 2.24. The molecule has 3 rings (SSSR count). The molecule has 0 unspecified atom stereocenters. The van der Waals surface area contributed by atoms with E-state index in [1.807, 2.05) is 17.9 Å². The van der Waals surface area contributed by atoms with Gasteiger partial charge in [0.15, 0.2) is 0 Å². The maximum absolute atomic E-state index is 4.28. The van der Waals surface area contributed by atoms with Crippen LogP contribution in [0, 0.1) is 0 Å². The largest absolute Gasteiger partial charge is 0.292 e. The van der Waals surface area contributed by atoms with Crippen molar-refractivity contribution in [2.45, 2.75) is 33.0 Å². The van der Waals surface area contributed by atoms with E-state index in [0.29, 0.717) is 6.04 Å². The molecule has 1 aliphatic rings. The Morgan fingerprint density at radius 2 is 2.00 bits per heavy atom. The third-order valence-electron chi connectivity index (χ3n) is 3.83. The molecule has 0 amide bonds. The van der Waals surface area contributed by atoms with Crippen LogP contribution in [0.4, 0.5) is 0 Å². The molecule has 18 heavy (non-hydrogen) atoms. The van der Waals surface area contributed by atoms with Crippen LogP contribution in [-0.4, -0.2) is 20.7 Å². The lowest BCUT2D eigenvalue weighted by Gasteiger charge is -2.19. The molecule has 2 aromatic rings. The van der Waals surface area contributed by atoms with E-state index in [-0.39, 0.29) is 0 Å². The number of aryl methyl sites for hydroxylation is 1. The van der Waals surface area contributed by atoms with E-state index in [0.717, 1.165) is 13.1 Å². The van der Waals surface area contributed by atoms with Crippen LogP contribution in [0.3, 0.4) is 0 Å². The van der Waals surface area contributed by atoms with Gasteiger partial charge in [-0.2, -0.15) is 5.10 Å².